The fraction of sp³-hybridized carbons (Fsp3) is 0.933. The molecule has 4 heteroatoms. The number of rotatable bonds is 6. The van der Waals surface area contributed by atoms with E-state index in [0.717, 1.165) is 45.2 Å². The summed E-state index contributed by atoms with van der Waals surface area (Å²) in [5, 5.41) is 13.3. The maximum absolute atomic E-state index is 11.2. The SMILES string of the molecule is CC(=O)N1CCC(N[C@@H](C)CCCC(C)(C)O)CC1. The Morgan fingerprint density at radius 2 is 2.00 bits per heavy atom. The Morgan fingerprint density at radius 3 is 2.47 bits per heavy atom. The maximum Gasteiger partial charge on any atom is 0.219 e. The first-order valence-electron chi connectivity index (χ1n) is 7.52. The lowest BCUT2D eigenvalue weighted by Crippen LogP contribution is -2.46. The highest BCUT2D eigenvalue weighted by Gasteiger charge is 2.21. The van der Waals surface area contributed by atoms with Gasteiger partial charge in [-0.05, 0) is 52.9 Å². The number of piperidine rings is 1. The topological polar surface area (TPSA) is 52.6 Å². The number of aliphatic hydroxyl groups is 1. The van der Waals surface area contributed by atoms with E-state index in [0.29, 0.717) is 12.1 Å². The summed E-state index contributed by atoms with van der Waals surface area (Å²) in [7, 11) is 0. The van der Waals surface area contributed by atoms with Gasteiger partial charge in [-0.3, -0.25) is 4.79 Å². The van der Waals surface area contributed by atoms with Crippen LogP contribution in [0.4, 0.5) is 0 Å². The van der Waals surface area contributed by atoms with Gasteiger partial charge in [-0.2, -0.15) is 0 Å². The molecular weight excluding hydrogens is 240 g/mol. The minimum atomic E-state index is -0.549. The van der Waals surface area contributed by atoms with Crippen LogP contribution in [0.25, 0.3) is 0 Å². The zero-order chi connectivity index (χ0) is 14.5. The van der Waals surface area contributed by atoms with Gasteiger partial charge in [-0.25, -0.2) is 0 Å². The molecule has 1 fully saturated rings. The standard InChI is InChI=1S/C15H30N2O2/c1-12(6-5-9-15(3,4)19)16-14-7-10-17(11-8-14)13(2)18/h12,14,16,19H,5-11H2,1-4H3/t12-/m0/s1. The van der Waals surface area contributed by atoms with Crippen molar-refractivity contribution >= 4 is 5.91 Å². The first-order chi connectivity index (χ1) is 8.78. The summed E-state index contributed by atoms with van der Waals surface area (Å²) < 4.78 is 0. The number of carbonyl (C=O) groups is 1. The van der Waals surface area contributed by atoms with Crippen molar-refractivity contribution < 1.29 is 9.90 Å². The Balaban J connectivity index is 2.16. The van der Waals surface area contributed by atoms with Gasteiger partial charge in [0, 0.05) is 32.1 Å². The maximum atomic E-state index is 11.2. The zero-order valence-electron chi connectivity index (χ0n) is 12.9. The van der Waals surface area contributed by atoms with Crippen LogP contribution in [-0.2, 0) is 4.79 Å². The molecule has 0 saturated carbocycles. The second kappa shape index (κ2) is 7.25. The normalized spacial score (nSPS) is 19.5. The average Bonchev–Trinajstić information content (AvgIpc) is 2.27. The van der Waals surface area contributed by atoms with Gasteiger partial charge in [-0.1, -0.05) is 0 Å². The number of hydrogen-bond donors (Lipinski definition) is 2. The molecule has 0 aromatic rings. The lowest BCUT2D eigenvalue weighted by molar-refractivity contribution is -0.129. The van der Waals surface area contributed by atoms with Crippen LogP contribution in [0.3, 0.4) is 0 Å². The van der Waals surface area contributed by atoms with Crippen molar-refractivity contribution in [2.45, 2.75) is 77.5 Å². The van der Waals surface area contributed by atoms with E-state index in [1.165, 1.54) is 0 Å². The molecule has 0 unspecified atom stereocenters. The van der Waals surface area contributed by atoms with E-state index in [2.05, 4.69) is 12.2 Å². The molecule has 1 amide bonds. The van der Waals surface area contributed by atoms with Crippen LogP contribution < -0.4 is 5.32 Å². The molecular formula is C15H30N2O2. The summed E-state index contributed by atoms with van der Waals surface area (Å²) in [6.45, 7) is 9.34. The molecule has 1 aliphatic heterocycles. The third kappa shape index (κ3) is 6.92. The smallest absolute Gasteiger partial charge is 0.219 e. The van der Waals surface area contributed by atoms with Crippen molar-refractivity contribution in [2.24, 2.45) is 0 Å². The highest BCUT2D eigenvalue weighted by Crippen LogP contribution is 2.15. The predicted octanol–water partition coefficient (Wildman–Crippen LogP) is 1.92. The quantitative estimate of drug-likeness (QED) is 0.775. The predicted molar refractivity (Wildman–Crippen MR) is 78.0 cm³/mol. The summed E-state index contributed by atoms with van der Waals surface area (Å²) in [5.74, 6) is 0.191. The molecule has 0 aromatic carbocycles. The second-order valence-electron chi connectivity index (χ2n) is 6.55. The molecule has 1 atom stereocenters. The molecule has 4 nitrogen and oxygen atoms in total. The van der Waals surface area contributed by atoms with Gasteiger partial charge < -0.3 is 15.3 Å². The van der Waals surface area contributed by atoms with E-state index < -0.39 is 5.60 Å². The minimum Gasteiger partial charge on any atom is -0.390 e. The molecule has 112 valence electrons. The summed E-state index contributed by atoms with van der Waals surface area (Å²) >= 11 is 0. The highest BCUT2D eigenvalue weighted by molar-refractivity contribution is 5.73. The number of nitrogens with zero attached hydrogens (tertiary/aromatic N) is 1. The monoisotopic (exact) mass is 270 g/mol. The average molecular weight is 270 g/mol. The fourth-order valence-electron chi connectivity index (χ4n) is 2.69. The lowest BCUT2D eigenvalue weighted by atomic mass is 9.98. The Labute approximate surface area is 117 Å². The first kappa shape index (κ1) is 16.4. The van der Waals surface area contributed by atoms with Gasteiger partial charge in [0.1, 0.15) is 0 Å². The highest BCUT2D eigenvalue weighted by atomic mass is 16.3. The van der Waals surface area contributed by atoms with Gasteiger partial charge >= 0.3 is 0 Å². The Hall–Kier alpha value is -0.610. The summed E-state index contributed by atoms with van der Waals surface area (Å²) in [6, 6.07) is 1.02. The van der Waals surface area contributed by atoms with Gasteiger partial charge in [0.25, 0.3) is 0 Å². The number of likely N-dealkylation sites (tertiary alicyclic amines) is 1. The summed E-state index contributed by atoms with van der Waals surface area (Å²) in [6.07, 6.45) is 5.09. The fourth-order valence-corrected chi connectivity index (χ4v) is 2.69. The van der Waals surface area contributed by atoms with Crippen molar-refractivity contribution in [3.05, 3.63) is 0 Å². The molecule has 1 heterocycles. The van der Waals surface area contributed by atoms with Gasteiger partial charge in [0.15, 0.2) is 0 Å². The van der Waals surface area contributed by atoms with E-state index in [4.69, 9.17) is 0 Å². The number of carbonyl (C=O) groups excluding carboxylic acids is 1. The van der Waals surface area contributed by atoms with Crippen LogP contribution in [0, 0.1) is 0 Å². The Kier molecular flexibility index (Phi) is 6.27. The minimum absolute atomic E-state index is 0.191. The molecule has 2 N–H and O–H groups in total. The lowest BCUT2D eigenvalue weighted by Gasteiger charge is -2.33. The molecule has 0 radical (unpaired) electrons. The van der Waals surface area contributed by atoms with Crippen LogP contribution in [0.5, 0.6) is 0 Å². The Morgan fingerprint density at radius 1 is 1.42 bits per heavy atom. The van der Waals surface area contributed by atoms with Crippen LogP contribution in [0.2, 0.25) is 0 Å². The molecule has 1 rings (SSSR count). The number of nitrogens with one attached hydrogen (secondary N) is 1. The number of amides is 1. The third-order valence-corrected chi connectivity index (χ3v) is 3.89. The van der Waals surface area contributed by atoms with Crippen molar-refractivity contribution in [2.75, 3.05) is 13.1 Å². The van der Waals surface area contributed by atoms with Crippen LogP contribution in [-0.4, -0.2) is 46.7 Å². The molecule has 1 saturated heterocycles. The number of hydrogen-bond acceptors (Lipinski definition) is 3. The summed E-state index contributed by atoms with van der Waals surface area (Å²) in [4.78, 5) is 13.2. The van der Waals surface area contributed by atoms with E-state index in [-0.39, 0.29) is 5.91 Å². The van der Waals surface area contributed by atoms with E-state index in [9.17, 15) is 9.90 Å². The van der Waals surface area contributed by atoms with Crippen molar-refractivity contribution in [3.8, 4) is 0 Å². The first-order valence-corrected chi connectivity index (χ1v) is 7.52. The van der Waals surface area contributed by atoms with Crippen molar-refractivity contribution in [1.29, 1.82) is 0 Å². The van der Waals surface area contributed by atoms with E-state index in [1.807, 2.05) is 18.7 Å². The largest absolute Gasteiger partial charge is 0.390 e. The molecule has 0 bridgehead atoms. The molecule has 0 aromatic heterocycles. The van der Waals surface area contributed by atoms with Crippen molar-refractivity contribution in [3.63, 3.8) is 0 Å². The van der Waals surface area contributed by atoms with Crippen molar-refractivity contribution in [1.82, 2.24) is 10.2 Å². The zero-order valence-corrected chi connectivity index (χ0v) is 12.9. The molecule has 1 aliphatic rings. The molecule has 0 aliphatic carbocycles. The van der Waals surface area contributed by atoms with E-state index >= 15 is 0 Å². The van der Waals surface area contributed by atoms with Crippen LogP contribution >= 0.6 is 0 Å². The van der Waals surface area contributed by atoms with Crippen LogP contribution in [0.1, 0.15) is 59.8 Å². The Bertz CT molecular complexity index is 278. The third-order valence-electron chi connectivity index (χ3n) is 3.89. The second-order valence-corrected chi connectivity index (χ2v) is 6.55. The van der Waals surface area contributed by atoms with Gasteiger partial charge in [0.2, 0.25) is 5.91 Å². The van der Waals surface area contributed by atoms with Gasteiger partial charge in [0.05, 0.1) is 5.60 Å². The molecule has 19 heavy (non-hydrogen) atoms. The van der Waals surface area contributed by atoms with Crippen LogP contribution in [0.15, 0.2) is 0 Å². The van der Waals surface area contributed by atoms with Gasteiger partial charge in [-0.15, -0.1) is 0 Å². The molecule has 0 spiro atoms. The van der Waals surface area contributed by atoms with E-state index in [1.54, 1.807) is 6.92 Å². The summed E-state index contributed by atoms with van der Waals surface area (Å²) in [5.41, 5.74) is -0.549.